The number of benzene rings is 1. The molecule has 4 nitrogen and oxygen atoms in total. The zero-order chi connectivity index (χ0) is 14.8. The lowest BCUT2D eigenvalue weighted by atomic mass is 10.2. The molecular weight excluding hydrogens is 339 g/mol. The van der Waals surface area contributed by atoms with Crippen LogP contribution in [0.15, 0.2) is 22.7 Å². The van der Waals surface area contributed by atoms with E-state index in [1.807, 2.05) is 4.90 Å². The normalized spacial score (nSPS) is 23.5. The number of rotatable bonds is 2. The van der Waals surface area contributed by atoms with Crippen LogP contribution in [0.2, 0.25) is 0 Å². The molecule has 2 aliphatic rings. The Morgan fingerprint density at radius 2 is 2.05 bits per heavy atom. The van der Waals surface area contributed by atoms with E-state index in [0.717, 1.165) is 45.8 Å². The summed E-state index contributed by atoms with van der Waals surface area (Å²) in [6.45, 7) is 4.93. The van der Waals surface area contributed by atoms with Gasteiger partial charge in [-0.2, -0.15) is 0 Å². The third-order valence-electron chi connectivity index (χ3n) is 4.18. The van der Waals surface area contributed by atoms with Gasteiger partial charge >= 0.3 is 0 Å². The molecule has 0 aromatic heterocycles. The quantitative estimate of drug-likeness (QED) is 0.813. The van der Waals surface area contributed by atoms with Crippen molar-refractivity contribution in [1.29, 1.82) is 0 Å². The molecule has 0 spiro atoms. The summed E-state index contributed by atoms with van der Waals surface area (Å²) in [5.74, 6) is -0.370. The highest BCUT2D eigenvalue weighted by Crippen LogP contribution is 2.22. The summed E-state index contributed by atoms with van der Waals surface area (Å²) < 4.78 is 18.9. The molecule has 2 aliphatic heterocycles. The van der Waals surface area contributed by atoms with Crippen LogP contribution >= 0.6 is 15.9 Å². The summed E-state index contributed by atoms with van der Waals surface area (Å²) in [4.78, 5) is 16.7. The Morgan fingerprint density at radius 3 is 2.76 bits per heavy atom. The number of carbonyl (C=O) groups excluding carboxylic acids is 1. The van der Waals surface area contributed by atoms with E-state index in [4.69, 9.17) is 4.74 Å². The number of morpholine rings is 1. The third-order valence-corrected chi connectivity index (χ3v) is 4.79. The van der Waals surface area contributed by atoms with Gasteiger partial charge in [-0.3, -0.25) is 9.69 Å². The van der Waals surface area contributed by atoms with Crippen LogP contribution in [0.25, 0.3) is 0 Å². The summed E-state index contributed by atoms with van der Waals surface area (Å²) in [5.41, 5.74) is 0.533. The Hall–Kier alpha value is -0.980. The van der Waals surface area contributed by atoms with Crippen LogP contribution in [-0.2, 0) is 4.74 Å². The van der Waals surface area contributed by atoms with Crippen LogP contribution in [0.1, 0.15) is 16.8 Å². The van der Waals surface area contributed by atoms with Crippen LogP contribution in [0.5, 0.6) is 0 Å². The number of hydrogen-bond acceptors (Lipinski definition) is 3. The molecule has 1 unspecified atom stereocenters. The van der Waals surface area contributed by atoms with Crippen molar-refractivity contribution in [3.05, 3.63) is 34.1 Å². The Kier molecular flexibility index (Phi) is 4.57. The van der Waals surface area contributed by atoms with E-state index >= 15 is 0 Å². The van der Waals surface area contributed by atoms with Crippen molar-refractivity contribution in [3.63, 3.8) is 0 Å². The van der Waals surface area contributed by atoms with Crippen molar-refractivity contribution in [2.24, 2.45) is 0 Å². The summed E-state index contributed by atoms with van der Waals surface area (Å²) >= 11 is 3.13. The molecule has 1 aromatic carbocycles. The van der Waals surface area contributed by atoms with Gasteiger partial charge in [0.05, 0.1) is 17.7 Å². The van der Waals surface area contributed by atoms with E-state index in [0.29, 0.717) is 16.1 Å². The first-order chi connectivity index (χ1) is 10.1. The number of ether oxygens (including phenoxy) is 1. The van der Waals surface area contributed by atoms with Crippen molar-refractivity contribution in [2.45, 2.75) is 12.5 Å². The molecule has 1 amide bonds. The van der Waals surface area contributed by atoms with Gasteiger partial charge in [0, 0.05) is 37.8 Å². The topological polar surface area (TPSA) is 32.8 Å². The average Bonchev–Trinajstić information content (AvgIpc) is 3.00. The predicted molar refractivity (Wildman–Crippen MR) is 80.8 cm³/mol. The summed E-state index contributed by atoms with van der Waals surface area (Å²) in [7, 11) is 0. The lowest BCUT2D eigenvalue weighted by molar-refractivity contribution is 0.0185. The molecule has 1 aromatic rings. The number of nitrogens with zero attached hydrogens (tertiary/aromatic N) is 2. The van der Waals surface area contributed by atoms with E-state index in [9.17, 15) is 9.18 Å². The number of hydrogen-bond donors (Lipinski definition) is 0. The van der Waals surface area contributed by atoms with Gasteiger partial charge in [0.2, 0.25) is 0 Å². The van der Waals surface area contributed by atoms with Crippen molar-refractivity contribution in [3.8, 4) is 0 Å². The number of likely N-dealkylation sites (tertiary alicyclic amines) is 1. The molecule has 0 aliphatic carbocycles. The van der Waals surface area contributed by atoms with E-state index in [2.05, 4.69) is 20.8 Å². The fourth-order valence-electron chi connectivity index (χ4n) is 2.98. The van der Waals surface area contributed by atoms with Gasteiger partial charge in [0.25, 0.3) is 5.91 Å². The fourth-order valence-corrected chi connectivity index (χ4v) is 3.36. The van der Waals surface area contributed by atoms with Gasteiger partial charge in [0.1, 0.15) is 5.82 Å². The van der Waals surface area contributed by atoms with Crippen molar-refractivity contribution in [1.82, 2.24) is 9.80 Å². The zero-order valence-corrected chi connectivity index (χ0v) is 13.3. The highest BCUT2D eigenvalue weighted by molar-refractivity contribution is 9.10. The first-order valence-corrected chi connectivity index (χ1v) is 8.00. The molecule has 114 valence electrons. The third kappa shape index (κ3) is 3.27. The maximum absolute atomic E-state index is 13.3. The Bertz CT molecular complexity index is 534. The molecule has 2 saturated heterocycles. The lowest BCUT2D eigenvalue weighted by Crippen LogP contribution is -2.45. The first kappa shape index (κ1) is 14.9. The molecule has 21 heavy (non-hydrogen) atoms. The molecule has 2 fully saturated rings. The molecule has 0 N–H and O–H groups in total. The van der Waals surface area contributed by atoms with Gasteiger partial charge in [0.15, 0.2) is 0 Å². The van der Waals surface area contributed by atoms with Crippen LogP contribution in [-0.4, -0.2) is 61.1 Å². The van der Waals surface area contributed by atoms with Gasteiger partial charge in [-0.25, -0.2) is 4.39 Å². The minimum absolute atomic E-state index is 0.0218. The molecule has 6 heteroatoms. The SMILES string of the molecule is O=C(c1ccc(F)c(Br)c1)N1CCC(N2CCOCC2)C1. The molecule has 0 bridgehead atoms. The second-order valence-electron chi connectivity index (χ2n) is 5.47. The highest BCUT2D eigenvalue weighted by Gasteiger charge is 2.31. The fraction of sp³-hybridized carbons (Fsp3) is 0.533. The van der Waals surface area contributed by atoms with Crippen molar-refractivity contribution in [2.75, 3.05) is 39.4 Å². The maximum atomic E-state index is 13.3. The maximum Gasteiger partial charge on any atom is 0.253 e. The van der Waals surface area contributed by atoms with E-state index in [1.165, 1.54) is 6.07 Å². The minimum Gasteiger partial charge on any atom is -0.379 e. The van der Waals surface area contributed by atoms with Gasteiger partial charge < -0.3 is 9.64 Å². The summed E-state index contributed by atoms with van der Waals surface area (Å²) in [6, 6.07) is 4.85. The van der Waals surface area contributed by atoms with Crippen LogP contribution in [0, 0.1) is 5.82 Å². The standard InChI is InChI=1S/C15H18BrFN2O2/c16-13-9-11(1-2-14(13)17)15(20)19-4-3-12(10-19)18-5-7-21-8-6-18/h1-2,9,12H,3-8,10H2. The van der Waals surface area contributed by atoms with Gasteiger partial charge in [-0.1, -0.05) is 0 Å². The molecular formula is C15H18BrFN2O2. The molecule has 0 radical (unpaired) electrons. The van der Waals surface area contributed by atoms with Crippen LogP contribution in [0.4, 0.5) is 4.39 Å². The van der Waals surface area contributed by atoms with Crippen LogP contribution < -0.4 is 0 Å². The van der Waals surface area contributed by atoms with Gasteiger partial charge in [-0.05, 0) is 40.5 Å². The molecule has 3 rings (SSSR count). The molecule has 1 atom stereocenters. The minimum atomic E-state index is -0.348. The Labute approximate surface area is 132 Å². The average molecular weight is 357 g/mol. The van der Waals surface area contributed by atoms with Crippen molar-refractivity contribution < 1.29 is 13.9 Å². The molecule has 2 heterocycles. The highest BCUT2D eigenvalue weighted by atomic mass is 79.9. The van der Waals surface area contributed by atoms with E-state index in [1.54, 1.807) is 12.1 Å². The number of carbonyl (C=O) groups is 1. The van der Waals surface area contributed by atoms with Gasteiger partial charge in [-0.15, -0.1) is 0 Å². The summed E-state index contributed by atoms with van der Waals surface area (Å²) in [6.07, 6.45) is 0.994. The largest absolute Gasteiger partial charge is 0.379 e. The number of halogens is 2. The predicted octanol–water partition coefficient (Wildman–Crippen LogP) is 2.13. The second-order valence-corrected chi connectivity index (χ2v) is 6.33. The zero-order valence-electron chi connectivity index (χ0n) is 11.7. The Balaban J connectivity index is 1.64. The lowest BCUT2D eigenvalue weighted by Gasteiger charge is -2.32. The Morgan fingerprint density at radius 1 is 1.29 bits per heavy atom. The van der Waals surface area contributed by atoms with Crippen LogP contribution in [0.3, 0.4) is 0 Å². The molecule has 0 saturated carbocycles. The monoisotopic (exact) mass is 356 g/mol. The van der Waals surface area contributed by atoms with Crippen molar-refractivity contribution >= 4 is 21.8 Å². The smallest absolute Gasteiger partial charge is 0.253 e. The number of amides is 1. The first-order valence-electron chi connectivity index (χ1n) is 7.21. The van der Waals surface area contributed by atoms with E-state index in [-0.39, 0.29) is 11.7 Å². The second kappa shape index (κ2) is 6.42. The summed E-state index contributed by atoms with van der Waals surface area (Å²) in [5, 5.41) is 0. The van der Waals surface area contributed by atoms with E-state index < -0.39 is 0 Å².